The van der Waals surface area contributed by atoms with Gasteiger partial charge in [-0.05, 0) is 20.8 Å². The van der Waals surface area contributed by atoms with Crippen molar-refractivity contribution >= 4 is 19.8 Å². The number of carboxylic acids is 2. The van der Waals surface area contributed by atoms with Crippen molar-refractivity contribution in [2.45, 2.75) is 27.1 Å². The predicted octanol–water partition coefficient (Wildman–Crippen LogP) is 1.23. The number of carbonyl (C=O) groups is 2. The van der Waals surface area contributed by atoms with E-state index in [2.05, 4.69) is 9.05 Å². The minimum absolute atomic E-state index is 0.132. The van der Waals surface area contributed by atoms with Gasteiger partial charge in [0.05, 0.1) is 6.61 Å². The topological polar surface area (TPSA) is 140 Å². The van der Waals surface area contributed by atoms with Crippen molar-refractivity contribution < 1.29 is 43.0 Å². The van der Waals surface area contributed by atoms with E-state index in [1.807, 2.05) is 0 Å². The maximum Gasteiger partial charge on any atom is 0.474 e. The van der Waals surface area contributed by atoms with Crippen LogP contribution in [-0.4, -0.2) is 46.5 Å². The molecule has 0 aliphatic rings. The van der Waals surface area contributed by atoms with Gasteiger partial charge in [-0.1, -0.05) is 0 Å². The van der Waals surface area contributed by atoms with E-state index in [-0.39, 0.29) is 6.61 Å². The number of hydrogen-bond donors (Lipinski definition) is 3. The molecule has 0 radical (unpaired) electrons. The number of carboxylic acid groups (broad SMARTS) is 2. The minimum Gasteiger partial charge on any atom is -0.478 e. The normalized spacial score (nSPS) is 15.0. The monoisotopic (exact) mass is 314 g/mol. The van der Waals surface area contributed by atoms with Gasteiger partial charge < -0.3 is 19.8 Å². The molecule has 0 amide bonds. The Morgan fingerprint density at radius 2 is 1.60 bits per heavy atom. The van der Waals surface area contributed by atoms with Crippen LogP contribution >= 0.6 is 7.82 Å². The molecule has 0 saturated carbocycles. The first-order chi connectivity index (χ1) is 9.14. The summed E-state index contributed by atoms with van der Waals surface area (Å²) in [5, 5.41) is 15.6. The molecule has 0 bridgehead atoms. The minimum atomic E-state index is -3.90. The molecule has 0 rings (SSSR count). The Balaban J connectivity index is 0. The molecule has 20 heavy (non-hydrogen) atoms. The van der Waals surface area contributed by atoms with Gasteiger partial charge in [-0.2, -0.15) is 0 Å². The zero-order valence-corrected chi connectivity index (χ0v) is 12.3. The van der Waals surface area contributed by atoms with Crippen molar-refractivity contribution in [3.63, 3.8) is 0 Å². The largest absolute Gasteiger partial charge is 0.478 e. The van der Waals surface area contributed by atoms with Crippen LogP contribution in [0, 0.1) is 0 Å². The van der Waals surface area contributed by atoms with E-state index in [1.165, 1.54) is 6.92 Å². The molecule has 2 unspecified atom stereocenters. The smallest absolute Gasteiger partial charge is 0.474 e. The Bertz CT molecular complexity index is 350. The predicted molar refractivity (Wildman–Crippen MR) is 68.0 cm³/mol. The Morgan fingerprint density at radius 3 is 1.90 bits per heavy atom. The number of phosphoric ester groups is 1. The highest BCUT2D eigenvalue weighted by Gasteiger charge is 2.23. The third-order valence-electron chi connectivity index (χ3n) is 1.34. The second kappa shape index (κ2) is 11.6. The molecule has 10 heteroatoms. The van der Waals surface area contributed by atoms with Gasteiger partial charge in [-0.25, -0.2) is 14.2 Å². The van der Waals surface area contributed by atoms with Crippen LogP contribution < -0.4 is 0 Å². The first kappa shape index (κ1) is 21.1. The molecule has 0 fully saturated rings. The fraction of sp³-hybridized carbons (Fsp3) is 0.600. The molecule has 0 aromatic heterocycles. The number of rotatable bonds is 8. The average molecular weight is 314 g/mol. The van der Waals surface area contributed by atoms with E-state index >= 15 is 0 Å². The molecule has 2 atom stereocenters. The molecule has 0 heterocycles. The quantitative estimate of drug-likeness (QED) is 0.343. The van der Waals surface area contributed by atoms with Crippen molar-refractivity contribution in [2.75, 3.05) is 13.2 Å². The van der Waals surface area contributed by atoms with E-state index in [4.69, 9.17) is 19.8 Å². The molecule has 118 valence electrons. The van der Waals surface area contributed by atoms with E-state index in [0.717, 1.165) is 0 Å². The van der Waals surface area contributed by atoms with Gasteiger partial charge in [0.2, 0.25) is 0 Å². The summed E-state index contributed by atoms with van der Waals surface area (Å²) >= 11 is 0. The summed E-state index contributed by atoms with van der Waals surface area (Å²) in [6.07, 6.45) is 0.391. The van der Waals surface area contributed by atoms with Gasteiger partial charge in [0.25, 0.3) is 0 Å². The van der Waals surface area contributed by atoms with Crippen molar-refractivity contribution in [1.29, 1.82) is 0 Å². The summed E-state index contributed by atoms with van der Waals surface area (Å²) in [7, 11) is -3.90. The van der Waals surface area contributed by atoms with Crippen molar-refractivity contribution in [2.24, 2.45) is 0 Å². The van der Waals surface area contributed by atoms with Gasteiger partial charge in [-0.3, -0.25) is 9.05 Å². The Morgan fingerprint density at radius 1 is 1.15 bits per heavy atom. The van der Waals surface area contributed by atoms with Crippen molar-refractivity contribution in [3.8, 4) is 0 Å². The fourth-order valence-electron chi connectivity index (χ4n) is 0.789. The van der Waals surface area contributed by atoms with Crippen LogP contribution in [0.1, 0.15) is 20.8 Å². The number of phosphoric acid groups is 1. The van der Waals surface area contributed by atoms with Gasteiger partial charge in [0.1, 0.15) is 0 Å². The standard InChI is InChI=1S/C6H15O5P.C4H4O4/c1-4-9-6(3)11-12(7,8)10-5-2;5-3(6)1-2-4(7)8/h6H,4-5H2,1-3H3,(H,7,8);1-2H,(H,5,6)(H,7,8)/b;2-1+. The Kier molecular flexibility index (Phi) is 12.2. The lowest BCUT2D eigenvalue weighted by molar-refractivity contribution is -0.134. The molecule has 0 saturated heterocycles. The molecule has 0 aromatic carbocycles. The third-order valence-corrected chi connectivity index (χ3v) is 2.49. The van der Waals surface area contributed by atoms with Crippen LogP contribution in [0.15, 0.2) is 12.2 Å². The first-order valence-corrected chi connectivity index (χ1v) is 7.05. The maximum absolute atomic E-state index is 10.9. The molecular weight excluding hydrogens is 295 g/mol. The summed E-state index contributed by atoms with van der Waals surface area (Å²) in [6.45, 7) is 5.46. The van der Waals surface area contributed by atoms with E-state index in [1.54, 1.807) is 13.8 Å². The van der Waals surface area contributed by atoms with Gasteiger partial charge >= 0.3 is 19.8 Å². The fourth-order valence-corrected chi connectivity index (χ4v) is 1.61. The molecule has 0 aliphatic carbocycles. The summed E-state index contributed by atoms with van der Waals surface area (Å²) in [6, 6.07) is 0. The zero-order chi connectivity index (χ0) is 16.2. The van der Waals surface area contributed by atoms with Crippen LogP contribution in [0.25, 0.3) is 0 Å². The van der Waals surface area contributed by atoms with Crippen LogP contribution in [0.4, 0.5) is 0 Å². The number of ether oxygens (including phenoxy) is 1. The first-order valence-electron chi connectivity index (χ1n) is 5.55. The Hall–Kier alpha value is -1.25. The third kappa shape index (κ3) is 16.8. The lowest BCUT2D eigenvalue weighted by Gasteiger charge is -2.16. The summed E-state index contributed by atoms with van der Waals surface area (Å²) in [5.74, 6) is -2.51. The summed E-state index contributed by atoms with van der Waals surface area (Å²) < 4.78 is 24.9. The summed E-state index contributed by atoms with van der Waals surface area (Å²) in [4.78, 5) is 28.0. The summed E-state index contributed by atoms with van der Waals surface area (Å²) in [5.41, 5.74) is 0. The highest BCUT2D eigenvalue weighted by molar-refractivity contribution is 7.47. The van der Waals surface area contributed by atoms with Crippen LogP contribution in [0.3, 0.4) is 0 Å². The lowest BCUT2D eigenvalue weighted by Crippen LogP contribution is -2.11. The zero-order valence-electron chi connectivity index (χ0n) is 11.4. The van der Waals surface area contributed by atoms with Crippen LogP contribution in [-0.2, 0) is 27.9 Å². The second-order valence-electron chi connectivity index (χ2n) is 3.02. The van der Waals surface area contributed by atoms with Gasteiger partial charge in [0, 0.05) is 18.8 Å². The average Bonchev–Trinajstić information content (AvgIpc) is 2.26. The highest BCUT2D eigenvalue weighted by Crippen LogP contribution is 2.44. The van der Waals surface area contributed by atoms with Crippen LogP contribution in [0.2, 0.25) is 0 Å². The molecule has 3 N–H and O–H groups in total. The SMILES string of the molecule is CCOC(C)OP(=O)(O)OCC.O=C(O)/C=C/C(=O)O. The highest BCUT2D eigenvalue weighted by atomic mass is 31.2. The number of hydrogen-bond acceptors (Lipinski definition) is 6. The van der Waals surface area contributed by atoms with Crippen molar-refractivity contribution in [1.82, 2.24) is 0 Å². The Labute approximate surface area is 116 Å². The van der Waals surface area contributed by atoms with E-state index in [0.29, 0.717) is 18.8 Å². The van der Waals surface area contributed by atoms with Gasteiger partial charge in [0.15, 0.2) is 6.29 Å². The second-order valence-corrected chi connectivity index (χ2v) is 4.43. The molecule has 9 nitrogen and oxygen atoms in total. The van der Waals surface area contributed by atoms with E-state index in [9.17, 15) is 14.2 Å². The lowest BCUT2D eigenvalue weighted by atomic mass is 10.5. The van der Waals surface area contributed by atoms with Gasteiger partial charge in [-0.15, -0.1) is 0 Å². The number of aliphatic carboxylic acids is 2. The maximum atomic E-state index is 10.9. The van der Waals surface area contributed by atoms with Crippen LogP contribution in [0.5, 0.6) is 0 Å². The molecular formula is C10H19O9P. The van der Waals surface area contributed by atoms with Crippen molar-refractivity contribution in [3.05, 3.63) is 12.2 Å². The van der Waals surface area contributed by atoms with E-state index < -0.39 is 26.1 Å². The molecule has 0 aromatic rings. The molecule has 0 aliphatic heterocycles. The molecule has 0 spiro atoms.